The first-order valence-corrected chi connectivity index (χ1v) is 6.13. The summed E-state index contributed by atoms with van der Waals surface area (Å²) in [6.45, 7) is 1.75. The van der Waals surface area contributed by atoms with Crippen LogP contribution in [0.1, 0.15) is 19.8 Å². The Morgan fingerprint density at radius 3 is 2.40 bits per heavy atom. The second-order valence-electron chi connectivity index (χ2n) is 2.46. The zero-order valence-corrected chi connectivity index (χ0v) is 10.8. The van der Waals surface area contributed by atoms with Crippen LogP contribution in [0.15, 0.2) is 0 Å². The molecular formula is C6H9Cl3O5P+. The van der Waals surface area contributed by atoms with Crippen LogP contribution in [0.25, 0.3) is 0 Å². The molecule has 88 valence electrons. The fraction of sp³-hybridized carbons (Fsp3) is 0.833. The van der Waals surface area contributed by atoms with Crippen molar-refractivity contribution < 1.29 is 23.5 Å². The Morgan fingerprint density at radius 1 is 1.53 bits per heavy atom. The molecule has 0 fully saturated rings. The number of alkyl halides is 3. The average molecular weight is 298 g/mol. The lowest BCUT2D eigenvalue weighted by molar-refractivity contribution is -0.163. The van der Waals surface area contributed by atoms with E-state index in [2.05, 4.69) is 9.26 Å². The summed E-state index contributed by atoms with van der Waals surface area (Å²) in [6, 6.07) is 0. The number of hydrogen-bond donors (Lipinski definition) is 1. The average Bonchev–Trinajstić information content (AvgIpc) is 2.00. The lowest BCUT2D eigenvalue weighted by Gasteiger charge is -2.18. The molecule has 2 unspecified atom stereocenters. The molecule has 0 amide bonds. The fourth-order valence-electron chi connectivity index (χ4n) is 0.612. The number of rotatable bonds is 5. The van der Waals surface area contributed by atoms with Crippen LogP contribution in [0.2, 0.25) is 0 Å². The molecule has 15 heavy (non-hydrogen) atoms. The third-order valence-electron chi connectivity index (χ3n) is 1.15. The molecule has 0 saturated carbocycles. The molecule has 0 heterocycles. The summed E-state index contributed by atoms with van der Waals surface area (Å²) in [5.74, 6) is -0.675. The number of halogens is 3. The van der Waals surface area contributed by atoms with Crippen molar-refractivity contribution in [1.29, 1.82) is 0 Å². The number of carbonyl (C=O) groups is 1. The van der Waals surface area contributed by atoms with Gasteiger partial charge in [-0.15, -0.1) is 4.89 Å². The quantitative estimate of drug-likeness (QED) is 0.365. The van der Waals surface area contributed by atoms with Gasteiger partial charge in [0.2, 0.25) is 0 Å². The van der Waals surface area contributed by atoms with E-state index in [-0.39, 0.29) is 6.42 Å². The first-order valence-electron chi connectivity index (χ1n) is 3.86. The molecule has 0 bridgehead atoms. The van der Waals surface area contributed by atoms with Gasteiger partial charge >= 0.3 is 20.5 Å². The molecule has 0 aliphatic carbocycles. The van der Waals surface area contributed by atoms with E-state index in [4.69, 9.17) is 39.7 Å². The molecule has 5 nitrogen and oxygen atoms in total. The van der Waals surface area contributed by atoms with E-state index >= 15 is 0 Å². The van der Waals surface area contributed by atoms with Crippen LogP contribution in [0.3, 0.4) is 0 Å². The van der Waals surface area contributed by atoms with Gasteiger partial charge in [-0.1, -0.05) is 46.3 Å². The minimum Gasteiger partial charge on any atom is -0.426 e. The number of carbonyl (C=O) groups excluding carboxylic acids is 1. The second-order valence-corrected chi connectivity index (χ2v) is 5.51. The van der Waals surface area contributed by atoms with Gasteiger partial charge in [0, 0.05) is 11.0 Å². The van der Waals surface area contributed by atoms with Crippen molar-refractivity contribution in [3.05, 3.63) is 0 Å². The van der Waals surface area contributed by atoms with Gasteiger partial charge in [-0.25, -0.2) is 0 Å². The van der Waals surface area contributed by atoms with Crippen LogP contribution in [-0.4, -0.2) is 20.9 Å². The Balaban J connectivity index is 4.38. The molecule has 0 aromatic rings. The van der Waals surface area contributed by atoms with Crippen LogP contribution >= 0.6 is 43.1 Å². The van der Waals surface area contributed by atoms with Gasteiger partial charge in [0.15, 0.2) is 0 Å². The van der Waals surface area contributed by atoms with E-state index in [0.29, 0.717) is 6.42 Å². The van der Waals surface area contributed by atoms with Crippen molar-refractivity contribution >= 4 is 49.0 Å². The van der Waals surface area contributed by atoms with E-state index in [1.807, 2.05) is 0 Å². The van der Waals surface area contributed by atoms with Crippen LogP contribution in [0, 0.1) is 0 Å². The highest BCUT2D eigenvalue weighted by molar-refractivity contribution is 7.32. The largest absolute Gasteiger partial charge is 0.698 e. The maximum atomic E-state index is 11.0. The van der Waals surface area contributed by atoms with E-state index in [1.54, 1.807) is 6.92 Å². The van der Waals surface area contributed by atoms with Crippen molar-refractivity contribution in [1.82, 2.24) is 0 Å². The molecule has 0 aliphatic heterocycles. The molecule has 0 aromatic carbocycles. The van der Waals surface area contributed by atoms with Gasteiger partial charge in [-0.3, -0.25) is 4.79 Å². The third-order valence-corrected chi connectivity index (χ3v) is 2.05. The van der Waals surface area contributed by atoms with Crippen molar-refractivity contribution in [2.24, 2.45) is 0 Å². The molecule has 1 N–H and O–H groups in total. The van der Waals surface area contributed by atoms with Gasteiger partial charge in [0.1, 0.15) is 0 Å². The predicted octanol–water partition coefficient (Wildman–Crippen LogP) is 2.69. The van der Waals surface area contributed by atoms with Crippen molar-refractivity contribution in [2.75, 3.05) is 0 Å². The number of hydrogen-bond acceptors (Lipinski definition) is 4. The maximum Gasteiger partial charge on any atom is 0.698 e. The number of ether oxygens (including phenoxy) is 1. The van der Waals surface area contributed by atoms with Gasteiger partial charge in [0.05, 0.1) is 0 Å². The van der Waals surface area contributed by atoms with Crippen LogP contribution in [-0.2, 0) is 18.6 Å². The topological polar surface area (TPSA) is 72.8 Å². The normalized spacial score (nSPS) is 14.6. The van der Waals surface area contributed by atoms with Crippen LogP contribution in [0.5, 0.6) is 0 Å². The Bertz CT molecular complexity index is 241. The molecule has 0 saturated heterocycles. The van der Waals surface area contributed by atoms with Crippen LogP contribution < -0.4 is 0 Å². The molecule has 0 rings (SSSR count). The minimum atomic E-state index is -3.02. The highest BCUT2D eigenvalue weighted by Gasteiger charge is 2.43. The maximum absolute atomic E-state index is 11.0. The van der Waals surface area contributed by atoms with Gasteiger partial charge < -0.3 is 4.74 Å². The van der Waals surface area contributed by atoms with E-state index in [1.165, 1.54) is 0 Å². The summed E-state index contributed by atoms with van der Waals surface area (Å²) in [6.07, 6.45) is -1.06. The van der Waals surface area contributed by atoms with E-state index in [9.17, 15) is 9.36 Å². The highest BCUT2D eigenvalue weighted by atomic mass is 35.6. The predicted molar refractivity (Wildman–Crippen MR) is 56.0 cm³/mol. The molecular weight excluding hydrogens is 289 g/mol. The lowest BCUT2D eigenvalue weighted by atomic mass is 10.3. The SMILES string of the molecule is CCCC(=O)OC(O[P+](=O)O)C(Cl)(Cl)Cl. The zero-order chi connectivity index (χ0) is 12.1. The first-order chi connectivity index (χ1) is 6.77. The summed E-state index contributed by atoms with van der Waals surface area (Å²) in [4.78, 5) is 19.5. The Morgan fingerprint density at radius 2 is 2.07 bits per heavy atom. The van der Waals surface area contributed by atoms with Crippen LogP contribution in [0.4, 0.5) is 0 Å². The Kier molecular flexibility index (Phi) is 7.00. The van der Waals surface area contributed by atoms with Gasteiger partial charge in [-0.05, 0) is 6.42 Å². The minimum absolute atomic E-state index is 0.100. The molecule has 0 aliphatic rings. The monoisotopic (exact) mass is 297 g/mol. The standard InChI is InChI=1S/C6H8Cl3O5P/c1-2-3-4(10)13-5(6(7,8)9)14-15(11)12/h5H,2-3H2,1H3/p+1. The van der Waals surface area contributed by atoms with Crippen molar-refractivity contribution in [2.45, 2.75) is 29.8 Å². The third kappa shape index (κ3) is 7.28. The fourth-order valence-corrected chi connectivity index (χ4v) is 1.43. The van der Waals surface area contributed by atoms with Gasteiger partial charge in [0.25, 0.3) is 3.79 Å². The molecule has 2 atom stereocenters. The van der Waals surface area contributed by atoms with Crippen molar-refractivity contribution in [3.63, 3.8) is 0 Å². The second kappa shape index (κ2) is 6.84. The Labute approximate surface area is 103 Å². The summed E-state index contributed by atoms with van der Waals surface area (Å²) < 4.78 is 17.1. The number of esters is 1. The Hall–Kier alpha value is 0.360. The van der Waals surface area contributed by atoms with Gasteiger partial charge in [-0.2, -0.15) is 0 Å². The molecule has 0 aromatic heterocycles. The summed E-state index contributed by atoms with van der Waals surface area (Å²) in [5, 5.41) is 0. The van der Waals surface area contributed by atoms with E-state index < -0.39 is 24.3 Å². The zero-order valence-electron chi connectivity index (χ0n) is 7.65. The smallest absolute Gasteiger partial charge is 0.426 e. The van der Waals surface area contributed by atoms with Crippen molar-refractivity contribution in [3.8, 4) is 0 Å². The summed E-state index contributed by atoms with van der Waals surface area (Å²) >= 11 is 16.1. The molecule has 0 spiro atoms. The first kappa shape index (κ1) is 15.4. The highest BCUT2D eigenvalue weighted by Crippen LogP contribution is 2.37. The summed E-state index contributed by atoms with van der Waals surface area (Å²) in [5.41, 5.74) is 0. The molecule has 9 heteroatoms. The molecule has 0 radical (unpaired) electrons. The van der Waals surface area contributed by atoms with E-state index in [0.717, 1.165) is 0 Å². The lowest BCUT2D eigenvalue weighted by Crippen LogP contribution is -2.32. The summed E-state index contributed by atoms with van der Waals surface area (Å²) in [7, 11) is -3.02.